The molecule has 1 aromatic rings. The van der Waals surface area contributed by atoms with Gasteiger partial charge in [-0.3, -0.25) is 9.69 Å². The van der Waals surface area contributed by atoms with Crippen molar-refractivity contribution in [1.82, 2.24) is 4.90 Å². The highest BCUT2D eigenvalue weighted by atomic mass is 32.2. The average Bonchev–Trinajstić information content (AvgIpc) is 2.88. The quantitative estimate of drug-likeness (QED) is 0.555. The number of carbonyl (C=O) groups excluding carboxylic acids is 1. The van der Waals surface area contributed by atoms with Gasteiger partial charge in [-0.25, -0.2) is 4.79 Å². The van der Waals surface area contributed by atoms with Crippen molar-refractivity contribution in [3.05, 3.63) is 22.6 Å². The summed E-state index contributed by atoms with van der Waals surface area (Å²) in [5.41, 5.74) is 0.642. The van der Waals surface area contributed by atoms with Crippen LogP contribution in [0, 0.1) is 0 Å². The molecule has 1 heterocycles. The van der Waals surface area contributed by atoms with Crippen molar-refractivity contribution in [2.45, 2.75) is 19.4 Å². The van der Waals surface area contributed by atoms with Gasteiger partial charge in [-0.05, 0) is 30.2 Å². The van der Waals surface area contributed by atoms with Crippen LogP contribution in [0.25, 0.3) is 6.08 Å². The highest BCUT2D eigenvalue weighted by molar-refractivity contribution is 8.26. The van der Waals surface area contributed by atoms with E-state index in [0.29, 0.717) is 27.7 Å². The van der Waals surface area contributed by atoms with E-state index in [1.54, 1.807) is 25.1 Å². The molecule has 0 spiro atoms. The average molecular weight is 397 g/mol. The lowest BCUT2D eigenvalue weighted by Crippen LogP contribution is -2.43. The Balaban J connectivity index is 2.43. The number of methoxy groups -OCH3 is 3. The van der Waals surface area contributed by atoms with E-state index in [4.69, 9.17) is 26.4 Å². The summed E-state index contributed by atoms with van der Waals surface area (Å²) in [4.78, 5) is 25.5. The van der Waals surface area contributed by atoms with Gasteiger partial charge in [0.2, 0.25) is 5.75 Å². The summed E-state index contributed by atoms with van der Waals surface area (Å²) >= 11 is 6.27. The Morgan fingerprint density at radius 2 is 1.85 bits per heavy atom. The zero-order valence-corrected chi connectivity index (χ0v) is 16.4. The van der Waals surface area contributed by atoms with E-state index in [1.807, 2.05) is 0 Å². The molecular weight excluding hydrogens is 378 g/mol. The molecule has 9 heteroatoms. The number of hydrogen-bond acceptors (Lipinski definition) is 7. The van der Waals surface area contributed by atoms with Crippen molar-refractivity contribution >= 4 is 46.3 Å². The van der Waals surface area contributed by atoms with E-state index in [2.05, 4.69) is 0 Å². The van der Waals surface area contributed by atoms with Crippen LogP contribution >= 0.6 is 24.0 Å². The fourth-order valence-electron chi connectivity index (χ4n) is 2.55. The zero-order chi connectivity index (χ0) is 19.4. The molecule has 140 valence electrons. The minimum atomic E-state index is -1.09. The first kappa shape index (κ1) is 20.1. The number of ether oxygens (including phenoxy) is 3. The van der Waals surface area contributed by atoms with Gasteiger partial charge >= 0.3 is 5.97 Å². The van der Waals surface area contributed by atoms with Gasteiger partial charge in [-0.15, -0.1) is 0 Å². The Labute approximate surface area is 160 Å². The van der Waals surface area contributed by atoms with Crippen molar-refractivity contribution < 1.29 is 28.9 Å². The molecule has 1 aliphatic rings. The van der Waals surface area contributed by atoms with E-state index in [0.717, 1.165) is 16.7 Å². The van der Waals surface area contributed by atoms with E-state index in [1.165, 1.54) is 21.3 Å². The van der Waals surface area contributed by atoms with Gasteiger partial charge in [0, 0.05) is 0 Å². The number of nitrogens with zero attached hydrogens (tertiary/aromatic N) is 1. The van der Waals surface area contributed by atoms with E-state index >= 15 is 0 Å². The van der Waals surface area contributed by atoms with Gasteiger partial charge in [0.1, 0.15) is 10.4 Å². The van der Waals surface area contributed by atoms with E-state index < -0.39 is 17.9 Å². The topological polar surface area (TPSA) is 85.3 Å². The summed E-state index contributed by atoms with van der Waals surface area (Å²) in [5.74, 6) is -0.173. The second-order valence-corrected chi connectivity index (χ2v) is 6.95. The summed E-state index contributed by atoms with van der Waals surface area (Å²) in [7, 11) is 4.50. The highest BCUT2D eigenvalue weighted by Gasteiger charge is 2.39. The maximum atomic E-state index is 12.7. The Bertz CT molecular complexity index is 752. The molecular formula is C17H19NO6S2. The molecule has 0 bridgehead atoms. The third kappa shape index (κ3) is 3.78. The fourth-order valence-corrected chi connectivity index (χ4v) is 3.91. The predicted octanol–water partition coefficient (Wildman–Crippen LogP) is 2.78. The summed E-state index contributed by atoms with van der Waals surface area (Å²) < 4.78 is 16.1. The van der Waals surface area contributed by atoms with Crippen LogP contribution in [0.2, 0.25) is 0 Å². The van der Waals surface area contributed by atoms with Crippen LogP contribution in [0.15, 0.2) is 17.0 Å². The molecule has 7 nitrogen and oxygen atoms in total. The lowest BCUT2D eigenvalue weighted by Gasteiger charge is -2.21. The lowest BCUT2D eigenvalue weighted by atomic mass is 10.1. The number of carbonyl (C=O) groups is 2. The maximum absolute atomic E-state index is 12.7. The van der Waals surface area contributed by atoms with Gasteiger partial charge in [0.25, 0.3) is 5.91 Å². The van der Waals surface area contributed by atoms with Crippen molar-refractivity contribution in [1.29, 1.82) is 0 Å². The van der Waals surface area contributed by atoms with Gasteiger partial charge in [0.05, 0.1) is 26.2 Å². The maximum Gasteiger partial charge on any atom is 0.326 e. The predicted molar refractivity (Wildman–Crippen MR) is 103 cm³/mol. The number of benzene rings is 1. The molecule has 1 saturated heterocycles. The lowest BCUT2D eigenvalue weighted by molar-refractivity contribution is -0.145. The van der Waals surface area contributed by atoms with Crippen molar-refractivity contribution in [3.8, 4) is 17.2 Å². The molecule has 26 heavy (non-hydrogen) atoms. The molecule has 1 fully saturated rings. The molecule has 2 rings (SSSR count). The highest BCUT2D eigenvalue weighted by Crippen LogP contribution is 2.40. The molecule has 1 amide bonds. The van der Waals surface area contributed by atoms with Crippen molar-refractivity contribution in [2.75, 3.05) is 21.3 Å². The van der Waals surface area contributed by atoms with Crippen LogP contribution in [-0.4, -0.2) is 53.6 Å². The summed E-state index contributed by atoms with van der Waals surface area (Å²) in [6.07, 6.45) is 1.89. The first-order chi connectivity index (χ1) is 12.4. The summed E-state index contributed by atoms with van der Waals surface area (Å²) in [6.45, 7) is 1.69. The Morgan fingerprint density at radius 1 is 1.27 bits per heavy atom. The van der Waals surface area contributed by atoms with E-state index in [9.17, 15) is 14.7 Å². The molecule has 1 unspecified atom stereocenters. The van der Waals surface area contributed by atoms with Gasteiger partial charge in [-0.1, -0.05) is 30.9 Å². The third-order valence-electron chi connectivity index (χ3n) is 3.79. The van der Waals surface area contributed by atoms with Gasteiger partial charge in [-0.2, -0.15) is 0 Å². The van der Waals surface area contributed by atoms with Crippen LogP contribution in [-0.2, 0) is 9.59 Å². The molecule has 0 radical (unpaired) electrons. The number of aliphatic carboxylic acids is 1. The van der Waals surface area contributed by atoms with Crippen LogP contribution in [0.5, 0.6) is 17.2 Å². The Hall–Kier alpha value is -2.26. The molecule has 0 saturated carbocycles. The molecule has 0 aromatic heterocycles. The molecule has 1 aromatic carbocycles. The van der Waals surface area contributed by atoms with Crippen molar-refractivity contribution in [3.63, 3.8) is 0 Å². The number of thioether (sulfide) groups is 1. The second-order valence-electron chi connectivity index (χ2n) is 5.27. The third-order valence-corrected chi connectivity index (χ3v) is 5.12. The molecule has 1 aliphatic heterocycles. The number of carboxylic acids is 1. The smallest absolute Gasteiger partial charge is 0.326 e. The first-order valence-electron chi connectivity index (χ1n) is 7.67. The first-order valence-corrected chi connectivity index (χ1v) is 8.90. The number of hydrogen-bond donors (Lipinski definition) is 1. The van der Waals surface area contributed by atoms with Gasteiger partial charge < -0.3 is 19.3 Å². The second kappa shape index (κ2) is 8.41. The minimum absolute atomic E-state index is 0.225. The molecule has 0 aliphatic carbocycles. The number of thiocarbonyl (C=S) groups is 1. The SMILES string of the molecule is CCC(C(=O)O)N1C(=O)C(=Cc2cc(OC)c(OC)c(OC)c2)SC1=S. The normalized spacial score (nSPS) is 16.8. The van der Waals surface area contributed by atoms with Crippen molar-refractivity contribution in [2.24, 2.45) is 0 Å². The zero-order valence-electron chi connectivity index (χ0n) is 14.8. The van der Waals surface area contributed by atoms with Crippen LogP contribution in [0.3, 0.4) is 0 Å². The number of amides is 1. The largest absolute Gasteiger partial charge is 0.493 e. The summed E-state index contributed by atoms with van der Waals surface area (Å²) in [5, 5.41) is 9.31. The van der Waals surface area contributed by atoms with Crippen LogP contribution in [0.1, 0.15) is 18.9 Å². The summed E-state index contributed by atoms with van der Waals surface area (Å²) in [6, 6.07) is 2.42. The van der Waals surface area contributed by atoms with E-state index in [-0.39, 0.29) is 10.7 Å². The minimum Gasteiger partial charge on any atom is -0.493 e. The fraction of sp³-hybridized carbons (Fsp3) is 0.353. The van der Waals surface area contributed by atoms with Crippen LogP contribution in [0.4, 0.5) is 0 Å². The standard InChI is InChI=1S/C17H19NO6S2/c1-5-10(16(20)21)18-15(19)13(26-17(18)25)8-9-6-11(22-2)14(24-4)12(7-9)23-3/h6-8,10H,5H2,1-4H3,(H,20,21). The monoisotopic (exact) mass is 397 g/mol. The number of rotatable bonds is 7. The molecule has 1 atom stereocenters. The van der Waals surface area contributed by atoms with Gasteiger partial charge in [0.15, 0.2) is 11.5 Å². The Kier molecular flexibility index (Phi) is 6.49. The van der Waals surface area contributed by atoms with Crippen LogP contribution < -0.4 is 14.2 Å². The molecule has 1 N–H and O–H groups in total. The number of carboxylic acid groups (broad SMARTS) is 1. The Morgan fingerprint density at radius 3 is 2.27 bits per heavy atom.